The summed E-state index contributed by atoms with van der Waals surface area (Å²) in [4.78, 5) is 4.16. The van der Waals surface area contributed by atoms with E-state index in [1.807, 2.05) is 0 Å². The van der Waals surface area contributed by atoms with Crippen molar-refractivity contribution in [2.45, 2.75) is 19.6 Å². The van der Waals surface area contributed by atoms with E-state index in [2.05, 4.69) is 15.0 Å². The summed E-state index contributed by atoms with van der Waals surface area (Å²) in [7, 11) is 0. The number of nitrogens with two attached hydrogens (primary N) is 1. The van der Waals surface area contributed by atoms with Crippen molar-refractivity contribution in [2.75, 3.05) is 18.5 Å². The monoisotopic (exact) mass is 525 g/mol. The second-order valence-electron chi connectivity index (χ2n) is 5.67. The molecule has 0 aromatic heterocycles. The molecule has 2 aromatic rings. The molecule has 0 atom stereocenters. The molecule has 1 heterocycles. The summed E-state index contributed by atoms with van der Waals surface area (Å²) in [6.07, 6.45) is 0.809. The predicted octanol–water partition coefficient (Wildman–Crippen LogP) is 4.65. The van der Waals surface area contributed by atoms with Crippen molar-refractivity contribution in [3.63, 3.8) is 0 Å². The summed E-state index contributed by atoms with van der Waals surface area (Å²) < 4.78 is 40.7. The highest BCUT2D eigenvalue weighted by Gasteiger charge is 2.12. The molecular formula is C18H19ClF2IN3O3. The first-order valence-corrected chi connectivity index (χ1v) is 8.59. The maximum Gasteiger partial charge on any atom is 0.387 e. The first-order chi connectivity index (χ1) is 13.0. The van der Waals surface area contributed by atoms with Crippen molar-refractivity contribution >= 4 is 47.2 Å². The summed E-state index contributed by atoms with van der Waals surface area (Å²) in [5, 5.41) is 3.31. The summed E-state index contributed by atoms with van der Waals surface area (Å²) >= 11 is 5.92. The number of nitrogens with one attached hydrogen (secondary N) is 1. The van der Waals surface area contributed by atoms with Crippen LogP contribution in [-0.4, -0.2) is 25.8 Å². The second-order valence-corrected chi connectivity index (χ2v) is 6.11. The summed E-state index contributed by atoms with van der Waals surface area (Å²) in [5.41, 5.74) is 6.95. The van der Waals surface area contributed by atoms with Crippen molar-refractivity contribution < 1.29 is 23.0 Å². The number of halogens is 4. The first-order valence-electron chi connectivity index (χ1n) is 8.21. The van der Waals surface area contributed by atoms with Crippen LogP contribution in [0.4, 0.5) is 14.5 Å². The number of benzene rings is 2. The number of rotatable bonds is 5. The molecule has 28 heavy (non-hydrogen) atoms. The Hall–Kier alpha value is -2.01. The molecule has 0 aliphatic carbocycles. The van der Waals surface area contributed by atoms with E-state index in [9.17, 15) is 8.78 Å². The van der Waals surface area contributed by atoms with Gasteiger partial charge in [0, 0.05) is 28.8 Å². The molecule has 1 aliphatic heterocycles. The lowest BCUT2D eigenvalue weighted by Gasteiger charge is -2.12. The Balaban J connectivity index is 0.00000280. The van der Waals surface area contributed by atoms with Crippen molar-refractivity contribution in [3.8, 4) is 17.2 Å². The van der Waals surface area contributed by atoms with E-state index in [4.69, 9.17) is 26.8 Å². The van der Waals surface area contributed by atoms with Crippen LogP contribution in [0.2, 0.25) is 5.02 Å². The Morgan fingerprint density at radius 2 is 1.93 bits per heavy atom. The van der Waals surface area contributed by atoms with Gasteiger partial charge in [0.1, 0.15) is 5.75 Å². The van der Waals surface area contributed by atoms with Gasteiger partial charge >= 0.3 is 6.61 Å². The normalized spacial score (nSPS) is 13.5. The van der Waals surface area contributed by atoms with Gasteiger partial charge in [-0.2, -0.15) is 8.78 Å². The molecule has 2 aromatic carbocycles. The summed E-state index contributed by atoms with van der Waals surface area (Å²) in [5.74, 6) is 1.39. The smallest absolute Gasteiger partial charge is 0.387 e. The van der Waals surface area contributed by atoms with E-state index in [-0.39, 0.29) is 42.2 Å². The average Bonchev–Trinajstić information content (AvgIpc) is 2.86. The molecule has 0 spiro atoms. The van der Waals surface area contributed by atoms with Crippen LogP contribution >= 0.6 is 35.6 Å². The van der Waals surface area contributed by atoms with E-state index >= 15 is 0 Å². The molecule has 1 aliphatic rings. The standard InChI is InChI=1S/C18H18ClF2N3O3.HI/c19-12-2-4-14(27-17(20)21)11(8-12)10-23-18(22)24-13-3-5-15-16(9-13)26-7-1-6-25-15;/h2-5,8-9,17H,1,6-7,10H2,(H3,22,23,24);1H. The molecule has 10 heteroatoms. The highest BCUT2D eigenvalue weighted by Crippen LogP contribution is 2.32. The number of guanidine groups is 1. The van der Waals surface area contributed by atoms with Crippen molar-refractivity contribution in [3.05, 3.63) is 47.0 Å². The van der Waals surface area contributed by atoms with Crippen LogP contribution in [0.5, 0.6) is 17.2 Å². The minimum atomic E-state index is -2.94. The molecular weight excluding hydrogens is 507 g/mol. The molecule has 6 nitrogen and oxygen atoms in total. The number of ether oxygens (including phenoxy) is 3. The fourth-order valence-corrected chi connectivity index (χ4v) is 2.68. The van der Waals surface area contributed by atoms with E-state index in [1.54, 1.807) is 18.2 Å². The third kappa shape index (κ3) is 6.26. The number of nitrogens with zero attached hydrogens (tertiary/aromatic N) is 1. The molecule has 3 N–H and O–H groups in total. The van der Waals surface area contributed by atoms with Gasteiger partial charge in [-0.05, 0) is 30.3 Å². The lowest BCUT2D eigenvalue weighted by atomic mass is 10.2. The fourth-order valence-electron chi connectivity index (χ4n) is 2.48. The SMILES string of the molecule is I.NC(=NCc1cc(Cl)ccc1OC(F)F)Nc1ccc2c(c1)OCCCO2. The topological polar surface area (TPSA) is 78.1 Å². The number of hydrogen-bond donors (Lipinski definition) is 2. The summed E-state index contributed by atoms with van der Waals surface area (Å²) in [6.45, 7) is -1.74. The molecule has 0 bridgehead atoms. The van der Waals surface area contributed by atoms with E-state index in [1.165, 1.54) is 18.2 Å². The zero-order valence-electron chi connectivity index (χ0n) is 14.7. The zero-order valence-corrected chi connectivity index (χ0v) is 17.7. The number of anilines is 1. The number of hydrogen-bond acceptors (Lipinski definition) is 4. The average molecular weight is 526 g/mol. The van der Waals surface area contributed by atoms with Crippen LogP contribution in [0.15, 0.2) is 41.4 Å². The van der Waals surface area contributed by atoms with Crippen LogP contribution in [0, 0.1) is 0 Å². The third-order valence-corrected chi connectivity index (χ3v) is 3.91. The molecule has 0 saturated carbocycles. The Morgan fingerprint density at radius 1 is 1.18 bits per heavy atom. The lowest BCUT2D eigenvalue weighted by molar-refractivity contribution is -0.0504. The van der Waals surface area contributed by atoms with E-state index < -0.39 is 6.61 Å². The summed E-state index contributed by atoms with van der Waals surface area (Å²) in [6, 6.07) is 9.65. The van der Waals surface area contributed by atoms with Gasteiger partial charge in [-0.3, -0.25) is 0 Å². The molecule has 0 unspecified atom stereocenters. The van der Waals surface area contributed by atoms with Crippen LogP contribution in [0.1, 0.15) is 12.0 Å². The molecule has 0 radical (unpaired) electrons. The molecule has 3 rings (SSSR count). The number of alkyl halides is 2. The van der Waals surface area contributed by atoms with E-state index in [0.29, 0.717) is 41.0 Å². The van der Waals surface area contributed by atoms with Crippen LogP contribution < -0.4 is 25.3 Å². The molecule has 0 amide bonds. The number of fused-ring (bicyclic) bond motifs is 1. The first kappa shape index (κ1) is 22.3. The van der Waals surface area contributed by atoms with Gasteiger partial charge in [-0.25, -0.2) is 4.99 Å². The van der Waals surface area contributed by atoms with Crippen molar-refractivity contribution in [1.82, 2.24) is 0 Å². The Morgan fingerprint density at radius 3 is 2.68 bits per heavy atom. The highest BCUT2D eigenvalue weighted by atomic mass is 127. The second kappa shape index (κ2) is 10.5. The van der Waals surface area contributed by atoms with Crippen molar-refractivity contribution in [1.29, 1.82) is 0 Å². The largest absolute Gasteiger partial charge is 0.490 e. The molecule has 0 saturated heterocycles. The zero-order chi connectivity index (χ0) is 19.2. The van der Waals surface area contributed by atoms with Crippen LogP contribution in [0.3, 0.4) is 0 Å². The Bertz CT molecular complexity index is 840. The van der Waals surface area contributed by atoms with Gasteiger partial charge in [-0.15, -0.1) is 24.0 Å². The van der Waals surface area contributed by atoms with Gasteiger partial charge in [0.2, 0.25) is 0 Å². The fraction of sp³-hybridized carbons (Fsp3) is 0.278. The lowest BCUT2D eigenvalue weighted by Crippen LogP contribution is -2.22. The minimum absolute atomic E-state index is 0. The van der Waals surface area contributed by atoms with Crippen LogP contribution in [0.25, 0.3) is 0 Å². The maximum atomic E-state index is 12.5. The quantitative estimate of drug-likeness (QED) is 0.338. The Kier molecular flexibility index (Phi) is 8.36. The molecule has 0 fully saturated rings. The predicted molar refractivity (Wildman–Crippen MR) is 114 cm³/mol. The van der Waals surface area contributed by atoms with E-state index in [0.717, 1.165) is 6.42 Å². The molecule has 152 valence electrons. The highest BCUT2D eigenvalue weighted by molar-refractivity contribution is 14.0. The van der Waals surface area contributed by atoms with Gasteiger partial charge in [0.25, 0.3) is 0 Å². The Labute approximate surface area is 183 Å². The van der Waals surface area contributed by atoms with Gasteiger partial charge < -0.3 is 25.3 Å². The number of aliphatic imine (C=N–C) groups is 1. The van der Waals surface area contributed by atoms with Gasteiger partial charge in [0.15, 0.2) is 17.5 Å². The van der Waals surface area contributed by atoms with Crippen molar-refractivity contribution in [2.24, 2.45) is 10.7 Å². The minimum Gasteiger partial charge on any atom is -0.490 e. The maximum absolute atomic E-state index is 12.5. The third-order valence-electron chi connectivity index (χ3n) is 3.68. The van der Waals surface area contributed by atoms with Gasteiger partial charge in [-0.1, -0.05) is 11.6 Å². The van der Waals surface area contributed by atoms with Crippen LogP contribution in [-0.2, 0) is 6.54 Å². The van der Waals surface area contributed by atoms with Gasteiger partial charge in [0.05, 0.1) is 19.8 Å².